The molecule has 1 saturated heterocycles. The molecule has 1 atom stereocenters. The highest BCUT2D eigenvalue weighted by Gasteiger charge is 2.34. The predicted octanol–water partition coefficient (Wildman–Crippen LogP) is 4.44. The lowest BCUT2D eigenvalue weighted by Crippen LogP contribution is -2.39. The van der Waals surface area contributed by atoms with Crippen molar-refractivity contribution in [3.05, 3.63) is 71.1 Å². The summed E-state index contributed by atoms with van der Waals surface area (Å²) >= 11 is 6.03. The van der Waals surface area contributed by atoms with Gasteiger partial charge < -0.3 is 14.7 Å². The van der Waals surface area contributed by atoms with Gasteiger partial charge >= 0.3 is 6.03 Å². The molecule has 1 N–H and O–H groups in total. The largest absolute Gasteiger partial charge is 0.337 e. The molecule has 1 unspecified atom stereocenters. The van der Waals surface area contributed by atoms with Crippen LogP contribution in [-0.4, -0.2) is 27.6 Å². The van der Waals surface area contributed by atoms with Crippen molar-refractivity contribution < 1.29 is 9.32 Å². The summed E-state index contributed by atoms with van der Waals surface area (Å²) in [5, 5.41) is 7.64. The van der Waals surface area contributed by atoms with Crippen molar-refractivity contribution in [3.8, 4) is 11.4 Å². The maximum Gasteiger partial charge on any atom is 0.318 e. The van der Waals surface area contributed by atoms with E-state index in [-0.39, 0.29) is 12.1 Å². The van der Waals surface area contributed by atoms with E-state index in [1.54, 1.807) is 17.0 Å². The number of nitrogens with one attached hydrogen (secondary N) is 1. The minimum Gasteiger partial charge on any atom is -0.337 e. The SMILES string of the molecule is O=C(NCc1ccccc1)N1CCCC1c1nc(-c2cccc(Cl)c2)no1. The van der Waals surface area contributed by atoms with Gasteiger partial charge in [-0.2, -0.15) is 4.98 Å². The van der Waals surface area contributed by atoms with Gasteiger partial charge in [-0.25, -0.2) is 4.79 Å². The van der Waals surface area contributed by atoms with Gasteiger partial charge in [-0.1, -0.05) is 59.2 Å². The van der Waals surface area contributed by atoms with E-state index in [0.29, 0.717) is 29.8 Å². The minimum absolute atomic E-state index is 0.121. The number of halogens is 1. The van der Waals surface area contributed by atoms with Crippen molar-refractivity contribution in [3.63, 3.8) is 0 Å². The van der Waals surface area contributed by atoms with Gasteiger partial charge in [0.05, 0.1) is 0 Å². The average molecular weight is 383 g/mol. The van der Waals surface area contributed by atoms with E-state index in [4.69, 9.17) is 16.1 Å². The summed E-state index contributed by atoms with van der Waals surface area (Å²) in [6.45, 7) is 1.15. The molecule has 27 heavy (non-hydrogen) atoms. The summed E-state index contributed by atoms with van der Waals surface area (Å²) in [5.41, 5.74) is 1.85. The van der Waals surface area contributed by atoms with Gasteiger partial charge in [-0.3, -0.25) is 0 Å². The Kier molecular flexibility index (Phi) is 5.07. The van der Waals surface area contributed by atoms with Crippen LogP contribution in [0.3, 0.4) is 0 Å². The van der Waals surface area contributed by atoms with Gasteiger partial charge in [-0.05, 0) is 30.5 Å². The Hall–Kier alpha value is -2.86. The summed E-state index contributed by atoms with van der Waals surface area (Å²) in [6, 6.07) is 16.8. The van der Waals surface area contributed by atoms with Gasteiger partial charge in [0.25, 0.3) is 0 Å². The molecule has 7 heteroatoms. The van der Waals surface area contributed by atoms with Crippen LogP contribution in [-0.2, 0) is 6.54 Å². The first-order valence-electron chi connectivity index (χ1n) is 8.88. The average Bonchev–Trinajstić information content (AvgIpc) is 3.36. The number of rotatable bonds is 4. The van der Waals surface area contributed by atoms with E-state index in [2.05, 4.69) is 15.5 Å². The quantitative estimate of drug-likeness (QED) is 0.724. The van der Waals surface area contributed by atoms with E-state index in [0.717, 1.165) is 24.0 Å². The Morgan fingerprint density at radius 1 is 1.22 bits per heavy atom. The second-order valence-electron chi connectivity index (χ2n) is 6.46. The highest BCUT2D eigenvalue weighted by Crippen LogP contribution is 2.32. The normalized spacial score (nSPS) is 16.5. The van der Waals surface area contributed by atoms with Gasteiger partial charge in [0.2, 0.25) is 11.7 Å². The van der Waals surface area contributed by atoms with Gasteiger partial charge in [0, 0.05) is 23.7 Å². The third kappa shape index (κ3) is 3.95. The molecule has 0 radical (unpaired) electrons. The van der Waals surface area contributed by atoms with Crippen molar-refractivity contribution in [1.82, 2.24) is 20.4 Å². The van der Waals surface area contributed by atoms with E-state index in [1.165, 1.54) is 0 Å². The highest BCUT2D eigenvalue weighted by atomic mass is 35.5. The molecule has 138 valence electrons. The standard InChI is InChI=1S/C20H19ClN4O2/c21-16-9-4-8-15(12-16)18-23-19(27-24-18)17-10-5-11-25(17)20(26)22-13-14-6-2-1-3-7-14/h1-4,6-9,12,17H,5,10-11,13H2,(H,22,26). The number of likely N-dealkylation sites (tertiary alicyclic amines) is 1. The number of aromatic nitrogens is 2. The number of urea groups is 1. The number of amides is 2. The molecule has 2 aromatic carbocycles. The number of carbonyl (C=O) groups excluding carboxylic acids is 1. The molecule has 0 bridgehead atoms. The molecule has 0 saturated carbocycles. The zero-order valence-electron chi connectivity index (χ0n) is 14.6. The van der Waals surface area contributed by atoms with Crippen LogP contribution in [0.2, 0.25) is 5.02 Å². The summed E-state index contributed by atoms with van der Waals surface area (Å²) in [4.78, 5) is 18.9. The molecule has 3 aromatic rings. The van der Waals surface area contributed by atoms with Gasteiger partial charge in [0.1, 0.15) is 6.04 Å². The van der Waals surface area contributed by atoms with Crippen molar-refractivity contribution in [2.45, 2.75) is 25.4 Å². The van der Waals surface area contributed by atoms with E-state index < -0.39 is 0 Å². The Morgan fingerprint density at radius 3 is 2.89 bits per heavy atom. The second-order valence-corrected chi connectivity index (χ2v) is 6.90. The lowest BCUT2D eigenvalue weighted by Gasteiger charge is -2.22. The third-order valence-corrected chi connectivity index (χ3v) is 4.84. The maximum absolute atomic E-state index is 12.6. The molecule has 1 fully saturated rings. The lowest BCUT2D eigenvalue weighted by molar-refractivity contribution is 0.180. The smallest absolute Gasteiger partial charge is 0.318 e. The lowest BCUT2D eigenvalue weighted by atomic mass is 10.2. The Bertz CT molecular complexity index is 928. The van der Waals surface area contributed by atoms with Crippen LogP contribution < -0.4 is 5.32 Å². The third-order valence-electron chi connectivity index (χ3n) is 4.61. The van der Waals surface area contributed by atoms with Crippen LogP contribution in [0.25, 0.3) is 11.4 Å². The Morgan fingerprint density at radius 2 is 2.07 bits per heavy atom. The van der Waals surface area contributed by atoms with Crippen LogP contribution in [0.15, 0.2) is 59.1 Å². The molecule has 1 aromatic heterocycles. The topological polar surface area (TPSA) is 71.3 Å². The van der Waals surface area contributed by atoms with Gasteiger partial charge in [0.15, 0.2) is 0 Å². The zero-order chi connectivity index (χ0) is 18.6. The summed E-state index contributed by atoms with van der Waals surface area (Å²) in [5.74, 6) is 0.932. The van der Waals surface area contributed by atoms with Crippen LogP contribution >= 0.6 is 11.6 Å². The van der Waals surface area contributed by atoms with Crippen LogP contribution in [0, 0.1) is 0 Å². The van der Waals surface area contributed by atoms with E-state index in [9.17, 15) is 4.79 Å². The number of hydrogen-bond donors (Lipinski definition) is 1. The minimum atomic E-state index is -0.207. The number of carbonyl (C=O) groups is 1. The van der Waals surface area contributed by atoms with Crippen molar-refractivity contribution in [2.75, 3.05) is 6.54 Å². The van der Waals surface area contributed by atoms with E-state index in [1.807, 2.05) is 42.5 Å². The van der Waals surface area contributed by atoms with Crippen molar-refractivity contribution in [1.29, 1.82) is 0 Å². The first kappa shape index (κ1) is 17.5. The summed E-state index contributed by atoms with van der Waals surface area (Å²) in [6.07, 6.45) is 1.70. The molecule has 0 aliphatic carbocycles. The van der Waals surface area contributed by atoms with Crippen molar-refractivity contribution in [2.24, 2.45) is 0 Å². The molecule has 0 spiro atoms. The number of hydrogen-bond acceptors (Lipinski definition) is 4. The fraction of sp³-hybridized carbons (Fsp3) is 0.250. The fourth-order valence-corrected chi connectivity index (χ4v) is 3.45. The first-order valence-corrected chi connectivity index (χ1v) is 9.26. The van der Waals surface area contributed by atoms with Crippen molar-refractivity contribution >= 4 is 17.6 Å². The molecule has 1 aliphatic heterocycles. The molecule has 2 amide bonds. The molecule has 6 nitrogen and oxygen atoms in total. The van der Waals surface area contributed by atoms with Crippen LogP contribution in [0.1, 0.15) is 30.3 Å². The summed E-state index contributed by atoms with van der Waals surface area (Å²) in [7, 11) is 0. The number of benzene rings is 2. The molecule has 1 aliphatic rings. The molecular formula is C20H19ClN4O2. The van der Waals surface area contributed by atoms with Gasteiger partial charge in [-0.15, -0.1) is 0 Å². The van der Waals surface area contributed by atoms with Crippen LogP contribution in [0.5, 0.6) is 0 Å². The first-order chi connectivity index (χ1) is 13.2. The van der Waals surface area contributed by atoms with Crippen LogP contribution in [0.4, 0.5) is 4.79 Å². The Balaban J connectivity index is 1.46. The fourth-order valence-electron chi connectivity index (χ4n) is 3.26. The maximum atomic E-state index is 12.6. The van der Waals surface area contributed by atoms with E-state index >= 15 is 0 Å². The summed E-state index contributed by atoms with van der Waals surface area (Å²) < 4.78 is 5.46. The zero-order valence-corrected chi connectivity index (χ0v) is 15.4. The molecule has 4 rings (SSSR count). The molecule has 2 heterocycles. The highest BCUT2D eigenvalue weighted by molar-refractivity contribution is 6.30. The second kappa shape index (κ2) is 7.80. The number of nitrogens with zero attached hydrogens (tertiary/aromatic N) is 3. The molecular weight excluding hydrogens is 364 g/mol. The Labute approximate surface area is 162 Å². The monoisotopic (exact) mass is 382 g/mol. The predicted molar refractivity (Wildman–Crippen MR) is 102 cm³/mol.